The summed E-state index contributed by atoms with van der Waals surface area (Å²) in [7, 11) is 0. The van der Waals surface area contributed by atoms with Gasteiger partial charge < -0.3 is 15.8 Å². The number of nitrogens with one attached hydrogen (secondary N) is 1. The van der Waals surface area contributed by atoms with Crippen LogP contribution in [-0.2, 0) is 6.42 Å². The SMILES string of the molecule is C[C@H]1Oc2ccc(CCNCC(F)(F)F)cc2N=C1N.Cl.Cl. The Labute approximate surface area is 139 Å². The maximum atomic E-state index is 12.0. The number of halogens is 5. The standard InChI is InChI=1S/C13H16F3N3O.2ClH/c1-8-12(17)19-10-6-9(2-3-11(10)20-8)4-5-18-7-13(14,15)16;;/h2-3,6,8,18H,4-5,7H2,1H3,(H2,17,19);2*1H/t8-;;/m1../s1. The van der Waals surface area contributed by atoms with E-state index in [1.54, 1.807) is 19.1 Å². The molecule has 1 aromatic rings. The van der Waals surface area contributed by atoms with Crippen LogP contribution in [0.1, 0.15) is 12.5 Å². The Morgan fingerprint density at radius 3 is 2.64 bits per heavy atom. The van der Waals surface area contributed by atoms with E-state index in [0.717, 1.165) is 5.56 Å². The Morgan fingerprint density at radius 1 is 1.32 bits per heavy atom. The smallest absolute Gasteiger partial charge is 0.401 e. The van der Waals surface area contributed by atoms with Crippen LogP contribution in [0.3, 0.4) is 0 Å². The molecule has 1 atom stereocenters. The molecule has 0 spiro atoms. The second kappa shape index (κ2) is 8.45. The molecule has 0 saturated heterocycles. The summed E-state index contributed by atoms with van der Waals surface area (Å²) in [5.74, 6) is 1.03. The molecule has 1 aromatic carbocycles. The van der Waals surface area contributed by atoms with Gasteiger partial charge in [0, 0.05) is 0 Å². The first-order chi connectivity index (χ1) is 9.35. The monoisotopic (exact) mass is 359 g/mol. The molecule has 4 nitrogen and oxygen atoms in total. The van der Waals surface area contributed by atoms with Gasteiger partial charge in [0.05, 0.1) is 6.54 Å². The second-order valence-electron chi connectivity index (χ2n) is 4.64. The first-order valence-electron chi connectivity index (χ1n) is 6.26. The number of aliphatic imine (C=N–C) groups is 1. The normalized spacial score (nSPS) is 16.5. The van der Waals surface area contributed by atoms with E-state index in [-0.39, 0.29) is 37.5 Å². The van der Waals surface area contributed by atoms with E-state index in [2.05, 4.69) is 10.3 Å². The minimum Gasteiger partial charge on any atom is -0.481 e. The third-order valence-electron chi connectivity index (χ3n) is 2.91. The van der Waals surface area contributed by atoms with Gasteiger partial charge in [0.15, 0.2) is 6.10 Å². The summed E-state index contributed by atoms with van der Waals surface area (Å²) in [5, 5.41) is 2.35. The van der Waals surface area contributed by atoms with Gasteiger partial charge in [-0.15, -0.1) is 24.8 Å². The molecule has 22 heavy (non-hydrogen) atoms. The van der Waals surface area contributed by atoms with E-state index in [1.807, 2.05) is 6.07 Å². The predicted octanol–water partition coefficient (Wildman–Crippen LogP) is 2.99. The second-order valence-corrected chi connectivity index (χ2v) is 4.64. The summed E-state index contributed by atoms with van der Waals surface area (Å²) < 4.78 is 41.5. The Kier molecular flexibility index (Phi) is 8.00. The minimum absolute atomic E-state index is 0. The number of nitrogens with zero attached hydrogens (tertiary/aromatic N) is 1. The van der Waals surface area contributed by atoms with Crippen LogP contribution in [0.4, 0.5) is 18.9 Å². The van der Waals surface area contributed by atoms with Crippen LogP contribution in [0, 0.1) is 0 Å². The Morgan fingerprint density at radius 2 is 2.00 bits per heavy atom. The number of hydrogen-bond acceptors (Lipinski definition) is 4. The first kappa shape index (κ1) is 20.8. The summed E-state index contributed by atoms with van der Waals surface area (Å²) in [6.45, 7) is 1.06. The van der Waals surface area contributed by atoms with Crippen LogP contribution >= 0.6 is 24.8 Å². The van der Waals surface area contributed by atoms with Crippen LogP contribution in [0.15, 0.2) is 23.2 Å². The molecule has 0 fully saturated rings. The third kappa shape index (κ3) is 5.90. The van der Waals surface area contributed by atoms with Crippen LogP contribution in [-0.4, -0.2) is 31.2 Å². The van der Waals surface area contributed by atoms with Crippen LogP contribution in [0.5, 0.6) is 5.75 Å². The van der Waals surface area contributed by atoms with Gasteiger partial charge in [-0.3, -0.25) is 0 Å². The fourth-order valence-electron chi connectivity index (χ4n) is 1.85. The average molecular weight is 360 g/mol. The number of amidine groups is 1. The number of fused-ring (bicyclic) bond motifs is 1. The summed E-state index contributed by atoms with van der Waals surface area (Å²) in [6, 6.07) is 5.36. The zero-order valence-corrected chi connectivity index (χ0v) is 13.4. The highest BCUT2D eigenvalue weighted by Crippen LogP contribution is 2.32. The van der Waals surface area contributed by atoms with Gasteiger partial charge in [-0.25, -0.2) is 4.99 Å². The molecule has 3 N–H and O–H groups in total. The van der Waals surface area contributed by atoms with Gasteiger partial charge in [-0.05, 0) is 37.6 Å². The Balaban J connectivity index is 0.00000220. The third-order valence-corrected chi connectivity index (χ3v) is 2.91. The zero-order valence-electron chi connectivity index (χ0n) is 11.8. The van der Waals surface area contributed by atoms with E-state index in [0.29, 0.717) is 23.7 Å². The van der Waals surface area contributed by atoms with E-state index in [1.165, 1.54) is 0 Å². The topological polar surface area (TPSA) is 59.6 Å². The number of hydrogen-bond donors (Lipinski definition) is 2. The van der Waals surface area contributed by atoms with Crippen molar-refractivity contribution in [1.82, 2.24) is 5.32 Å². The lowest BCUT2D eigenvalue weighted by Gasteiger charge is -2.21. The van der Waals surface area contributed by atoms with Gasteiger partial charge in [0.1, 0.15) is 17.3 Å². The van der Waals surface area contributed by atoms with Crippen molar-refractivity contribution in [2.45, 2.75) is 25.6 Å². The molecule has 2 rings (SSSR count). The molecule has 0 unspecified atom stereocenters. The first-order valence-corrected chi connectivity index (χ1v) is 6.26. The van der Waals surface area contributed by atoms with Crippen molar-refractivity contribution in [3.8, 4) is 5.75 Å². The lowest BCUT2D eigenvalue weighted by atomic mass is 10.1. The van der Waals surface area contributed by atoms with Gasteiger partial charge in [-0.1, -0.05) is 6.07 Å². The fraction of sp³-hybridized carbons (Fsp3) is 0.462. The summed E-state index contributed by atoms with van der Waals surface area (Å²) in [6.07, 6.45) is -3.96. The van der Waals surface area contributed by atoms with Gasteiger partial charge >= 0.3 is 6.18 Å². The van der Waals surface area contributed by atoms with Crippen molar-refractivity contribution >= 4 is 36.3 Å². The van der Waals surface area contributed by atoms with Crippen LogP contribution in [0.25, 0.3) is 0 Å². The molecule has 0 saturated carbocycles. The lowest BCUT2D eigenvalue weighted by Crippen LogP contribution is -2.33. The number of nitrogens with two attached hydrogens (primary N) is 1. The summed E-state index contributed by atoms with van der Waals surface area (Å²) in [5.41, 5.74) is 7.20. The van der Waals surface area contributed by atoms with E-state index >= 15 is 0 Å². The lowest BCUT2D eigenvalue weighted by molar-refractivity contribution is -0.124. The van der Waals surface area contributed by atoms with E-state index in [9.17, 15) is 13.2 Å². The molecule has 1 aliphatic heterocycles. The average Bonchev–Trinajstić information content (AvgIpc) is 2.35. The van der Waals surface area contributed by atoms with E-state index in [4.69, 9.17) is 10.5 Å². The maximum absolute atomic E-state index is 12.0. The number of ether oxygens (including phenoxy) is 1. The van der Waals surface area contributed by atoms with Gasteiger partial charge in [0.25, 0.3) is 0 Å². The van der Waals surface area contributed by atoms with Crippen molar-refractivity contribution < 1.29 is 17.9 Å². The van der Waals surface area contributed by atoms with Crippen molar-refractivity contribution in [2.75, 3.05) is 13.1 Å². The highest BCUT2D eigenvalue weighted by molar-refractivity contribution is 5.89. The highest BCUT2D eigenvalue weighted by atomic mass is 35.5. The number of alkyl halides is 3. The van der Waals surface area contributed by atoms with Crippen LogP contribution < -0.4 is 15.8 Å². The maximum Gasteiger partial charge on any atom is 0.401 e. The van der Waals surface area contributed by atoms with Crippen molar-refractivity contribution in [3.05, 3.63) is 23.8 Å². The summed E-state index contributed by atoms with van der Waals surface area (Å²) >= 11 is 0. The highest BCUT2D eigenvalue weighted by Gasteiger charge is 2.26. The Hall–Kier alpha value is -1.18. The quantitative estimate of drug-likeness (QED) is 0.812. The van der Waals surface area contributed by atoms with E-state index < -0.39 is 12.7 Å². The molecule has 0 aromatic heterocycles. The zero-order chi connectivity index (χ0) is 14.8. The van der Waals surface area contributed by atoms with Crippen LogP contribution in [0.2, 0.25) is 0 Å². The predicted molar refractivity (Wildman–Crippen MR) is 84.9 cm³/mol. The minimum atomic E-state index is -4.18. The van der Waals surface area contributed by atoms with Gasteiger partial charge in [-0.2, -0.15) is 13.2 Å². The number of benzene rings is 1. The molecule has 0 radical (unpaired) electrons. The van der Waals surface area contributed by atoms with Crippen molar-refractivity contribution in [3.63, 3.8) is 0 Å². The fourth-order valence-corrected chi connectivity index (χ4v) is 1.85. The van der Waals surface area contributed by atoms with Gasteiger partial charge in [0.2, 0.25) is 0 Å². The molecule has 1 heterocycles. The summed E-state index contributed by atoms with van der Waals surface area (Å²) in [4.78, 5) is 4.22. The number of rotatable bonds is 4. The Bertz CT molecular complexity index is 524. The molecule has 126 valence electrons. The molecule has 0 aliphatic carbocycles. The van der Waals surface area contributed by atoms with Crippen molar-refractivity contribution in [1.29, 1.82) is 0 Å². The molecule has 0 bridgehead atoms. The molecular formula is C13H18Cl2F3N3O. The molecular weight excluding hydrogens is 342 g/mol. The van der Waals surface area contributed by atoms with Crippen molar-refractivity contribution in [2.24, 2.45) is 10.7 Å². The largest absolute Gasteiger partial charge is 0.481 e. The molecule has 0 amide bonds. The molecule has 9 heteroatoms. The molecule has 1 aliphatic rings.